The lowest BCUT2D eigenvalue weighted by atomic mass is 9.84. The molecule has 0 aliphatic carbocycles. The van der Waals surface area contributed by atoms with Gasteiger partial charge in [0.05, 0.1) is 11.0 Å². The summed E-state index contributed by atoms with van der Waals surface area (Å²) in [5.74, 6) is 0. The number of benzene rings is 12. The van der Waals surface area contributed by atoms with Crippen molar-refractivity contribution in [1.29, 1.82) is 0 Å². The van der Waals surface area contributed by atoms with Crippen molar-refractivity contribution in [3.63, 3.8) is 0 Å². The normalized spacial score (nSPS) is 12.2. The van der Waals surface area contributed by atoms with E-state index in [2.05, 4.69) is 187 Å². The predicted octanol–water partition coefficient (Wildman–Crippen LogP) is 16.3. The van der Waals surface area contributed by atoms with Crippen LogP contribution in [0.2, 0.25) is 0 Å². The molecule has 14 aromatic rings. The Morgan fingerprint density at radius 1 is 0.353 bits per heavy atom. The summed E-state index contributed by atoms with van der Waals surface area (Å²) in [6.07, 6.45) is 0. The Bertz CT molecular complexity index is 4300. The van der Waals surface area contributed by atoms with E-state index in [1.807, 2.05) is 60.7 Å². The van der Waals surface area contributed by atoms with Gasteiger partial charge in [0, 0.05) is 54.3 Å². The second-order valence-corrected chi connectivity index (χ2v) is 20.6. The van der Waals surface area contributed by atoms with Gasteiger partial charge in [-0.15, -0.1) is 0 Å². The molecule has 0 saturated carbocycles. The highest BCUT2D eigenvalue weighted by molar-refractivity contribution is 7.85. The van der Waals surface area contributed by atoms with Gasteiger partial charge in [0.25, 0.3) is 0 Å². The van der Waals surface area contributed by atoms with Crippen LogP contribution in [0.15, 0.2) is 247 Å². The minimum absolute atomic E-state index is 0.806. The van der Waals surface area contributed by atoms with E-state index in [0.29, 0.717) is 0 Å². The smallest absolute Gasteiger partial charge is 0.171 e. The number of furan rings is 1. The number of fused-ring (bicyclic) bond motifs is 11. The van der Waals surface area contributed by atoms with Crippen molar-refractivity contribution >= 4 is 110 Å². The van der Waals surface area contributed by atoms with Gasteiger partial charge >= 0.3 is 0 Å². The molecule has 0 fully saturated rings. The van der Waals surface area contributed by atoms with Gasteiger partial charge in [0.2, 0.25) is 0 Å². The molecule has 0 aliphatic rings. The summed E-state index contributed by atoms with van der Waals surface area (Å²) in [6, 6.07) is 85.6. The fourth-order valence-corrected chi connectivity index (χ4v) is 13.8. The molecule has 0 aliphatic heterocycles. The van der Waals surface area contributed by atoms with E-state index in [9.17, 15) is 0 Å². The molecule has 0 spiro atoms. The molecule has 2 aromatic heterocycles. The average molecular weight is 886 g/mol. The van der Waals surface area contributed by atoms with Crippen molar-refractivity contribution in [2.75, 3.05) is 0 Å². The Morgan fingerprint density at radius 3 is 1.49 bits per heavy atom. The molecule has 0 saturated heterocycles. The minimum Gasteiger partial charge on any atom is -0.455 e. The third-order valence-corrected chi connectivity index (χ3v) is 17.2. The fraction of sp³-hybridized carbons (Fsp3) is 0. The number of rotatable bonds is 6. The van der Waals surface area contributed by atoms with E-state index in [0.717, 1.165) is 109 Å². The first-order chi connectivity index (χ1) is 33.6. The van der Waals surface area contributed by atoms with Crippen molar-refractivity contribution in [3.05, 3.63) is 243 Å². The maximum absolute atomic E-state index is 15.9. The highest BCUT2D eigenvalue weighted by Gasteiger charge is 2.31. The summed E-state index contributed by atoms with van der Waals surface area (Å²) in [5.41, 5.74) is 9.52. The van der Waals surface area contributed by atoms with Crippen molar-refractivity contribution in [1.82, 2.24) is 4.57 Å². The lowest BCUT2D eigenvalue weighted by Gasteiger charge is -2.20. The number of nitrogens with zero attached hydrogens (tertiary/aromatic N) is 1. The topological polar surface area (TPSA) is 35.1 Å². The zero-order chi connectivity index (χ0) is 44.9. The minimum atomic E-state index is -3.26. The number of hydrogen-bond donors (Lipinski definition) is 0. The lowest BCUT2D eigenvalue weighted by Crippen LogP contribution is -2.24. The first-order valence-electron chi connectivity index (χ1n) is 23.2. The van der Waals surface area contributed by atoms with Crippen LogP contribution in [-0.4, -0.2) is 4.57 Å². The molecular formula is C64H40NO2P. The molecule has 0 atom stereocenters. The highest BCUT2D eigenvalue weighted by atomic mass is 31.2. The number of para-hydroxylation sites is 1. The summed E-state index contributed by atoms with van der Waals surface area (Å²) < 4.78 is 25.3. The standard InChI is InChI=1S/C64H40NO2P/c66-68(46-23-6-2-7-24-46,47-25-8-3-9-26-47)48-33-35-59-55(40-48)54-38-44(32-34-58(54)65(59)45-21-4-1-5-22-45)61-50-28-14-16-30-52(50)62(53-31-17-15-29-51(53)61)57-37-43-20-12-13-27-49(43)63-56-36-41-18-10-11-19-42(41)39-60(56)67-64(57)63/h1-40H. The molecule has 12 aromatic carbocycles. The fourth-order valence-electron chi connectivity index (χ4n) is 11.2. The van der Waals surface area contributed by atoms with E-state index in [4.69, 9.17) is 4.42 Å². The van der Waals surface area contributed by atoms with E-state index in [1.165, 1.54) is 21.7 Å². The number of hydrogen-bond acceptors (Lipinski definition) is 2. The van der Waals surface area contributed by atoms with Crippen LogP contribution >= 0.6 is 7.14 Å². The molecule has 14 rings (SSSR count). The summed E-state index contributed by atoms with van der Waals surface area (Å²) in [4.78, 5) is 0. The first-order valence-corrected chi connectivity index (χ1v) is 24.9. The van der Waals surface area contributed by atoms with Crippen LogP contribution in [0, 0.1) is 0 Å². The first kappa shape index (κ1) is 38.7. The quantitative estimate of drug-likeness (QED) is 0.123. The Kier molecular flexibility index (Phi) is 8.56. The van der Waals surface area contributed by atoms with Gasteiger partial charge in [-0.1, -0.05) is 182 Å². The second-order valence-electron chi connectivity index (χ2n) is 17.9. The van der Waals surface area contributed by atoms with Crippen LogP contribution in [0.25, 0.3) is 115 Å². The average Bonchev–Trinajstić information content (AvgIpc) is 3.95. The molecule has 0 bridgehead atoms. The Labute approximate surface area is 392 Å². The largest absolute Gasteiger partial charge is 0.455 e. The summed E-state index contributed by atoms with van der Waals surface area (Å²) >= 11 is 0. The Hall–Kier alpha value is -8.49. The van der Waals surface area contributed by atoms with Gasteiger partial charge in [-0.25, -0.2) is 0 Å². The van der Waals surface area contributed by atoms with Crippen LogP contribution in [0.4, 0.5) is 0 Å². The maximum atomic E-state index is 15.9. The van der Waals surface area contributed by atoms with Crippen molar-refractivity contribution in [3.8, 4) is 27.9 Å². The van der Waals surface area contributed by atoms with E-state index >= 15 is 4.57 Å². The molecule has 0 N–H and O–H groups in total. The maximum Gasteiger partial charge on any atom is 0.171 e. The zero-order valence-corrected chi connectivity index (χ0v) is 37.7. The third-order valence-electron chi connectivity index (χ3n) is 14.2. The van der Waals surface area contributed by atoms with Gasteiger partial charge in [-0.05, 0) is 115 Å². The van der Waals surface area contributed by atoms with Crippen molar-refractivity contribution in [2.45, 2.75) is 0 Å². The third kappa shape index (κ3) is 5.70. The molecular weight excluding hydrogens is 846 g/mol. The molecule has 0 unspecified atom stereocenters. The lowest BCUT2D eigenvalue weighted by molar-refractivity contribution is 0.592. The predicted molar refractivity (Wildman–Crippen MR) is 288 cm³/mol. The Morgan fingerprint density at radius 2 is 0.853 bits per heavy atom. The van der Waals surface area contributed by atoms with Crippen LogP contribution in [-0.2, 0) is 4.57 Å². The van der Waals surface area contributed by atoms with E-state index < -0.39 is 7.14 Å². The van der Waals surface area contributed by atoms with Gasteiger partial charge in [0.15, 0.2) is 7.14 Å². The molecule has 0 radical (unpaired) electrons. The van der Waals surface area contributed by atoms with E-state index in [-0.39, 0.29) is 0 Å². The molecule has 4 heteroatoms. The molecule has 0 amide bonds. The monoisotopic (exact) mass is 885 g/mol. The van der Waals surface area contributed by atoms with Gasteiger partial charge in [-0.2, -0.15) is 0 Å². The second kappa shape index (κ2) is 15.0. The Balaban J connectivity index is 1.05. The molecule has 3 nitrogen and oxygen atoms in total. The van der Waals surface area contributed by atoms with E-state index in [1.54, 1.807) is 0 Å². The summed E-state index contributed by atoms with van der Waals surface area (Å²) in [5, 5.41) is 16.2. The molecule has 68 heavy (non-hydrogen) atoms. The van der Waals surface area contributed by atoms with Crippen LogP contribution < -0.4 is 15.9 Å². The SMILES string of the molecule is O=P(c1ccccc1)(c1ccccc1)c1ccc2c(c1)c1cc(-c3c4ccccc4c(-c4cc5ccccc5c5c4oc4cc6ccccc6cc45)c4ccccc34)ccc1n2-c1ccccc1. The van der Waals surface area contributed by atoms with Crippen molar-refractivity contribution < 1.29 is 8.98 Å². The zero-order valence-electron chi connectivity index (χ0n) is 36.8. The van der Waals surface area contributed by atoms with Gasteiger partial charge in [0.1, 0.15) is 11.2 Å². The molecule has 318 valence electrons. The molecule has 2 heterocycles. The van der Waals surface area contributed by atoms with Crippen LogP contribution in [0.3, 0.4) is 0 Å². The summed E-state index contributed by atoms with van der Waals surface area (Å²) in [7, 11) is -3.26. The van der Waals surface area contributed by atoms with Gasteiger partial charge in [-0.3, -0.25) is 0 Å². The van der Waals surface area contributed by atoms with Crippen LogP contribution in [0.1, 0.15) is 0 Å². The highest BCUT2D eigenvalue weighted by Crippen LogP contribution is 2.50. The van der Waals surface area contributed by atoms with Gasteiger partial charge < -0.3 is 13.5 Å². The summed E-state index contributed by atoms with van der Waals surface area (Å²) in [6.45, 7) is 0. The number of aromatic nitrogens is 1. The van der Waals surface area contributed by atoms with Crippen LogP contribution in [0.5, 0.6) is 0 Å². The van der Waals surface area contributed by atoms with Crippen molar-refractivity contribution in [2.24, 2.45) is 0 Å².